The first kappa shape index (κ1) is 16.0. The van der Waals surface area contributed by atoms with Crippen LogP contribution in [0.3, 0.4) is 0 Å². The first-order chi connectivity index (χ1) is 13.6. The SMILES string of the molecule is O=C1[C@@H]2[C@H]3C=C[C@@H]([C@@H]4C[C@@H]34)[C@@H]2C(=O)N1/N=C\c1ccc(-c2ccc(F)cc2)o1. The van der Waals surface area contributed by atoms with Crippen LogP contribution in [-0.2, 0) is 9.59 Å². The average molecular weight is 376 g/mol. The van der Waals surface area contributed by atoms with Crippen LogP contribution in [-0.4, -0.2) is 23.0 Å². The standard InChI is InChI=1S/C22H17FN2O3/c23-12-3-1-11(2-4-12)18-8-5-13(28-18)10-24-25-21(26)19-14-6-7-15(17-9-16(14)17)20(19)22(25)27/h1-8,10,14-17,19-20H,9H2/b24-10-/t14-,15-,16-,17-,19-,20+/m0/s1. The number of imide groups is 1. The molecule has 3 fully saturated rings. The van der Waals surface area contributed by atoms with Gasteiger partial charge < -0.3 is 4.42 Å². The third-order valence-corrected chi connectivity index (χ3v) is 6.70. The quantitative estimate of drug-likeness (QED) is 0.468. The van der Waals surface area contributed by atoms with Crippen molar-refractivity contribution in [2.24, 2.45) is 40.6 Å². The molecule has 1 aromatic heterocycles. The number of allylic oxidation sites excluding steroid dienone is 2. The highest BCUT2D eigenvalue weighted by molar-refractivity contribution is 6.06. The van der Waals surface area contributed by atoms with Crippen molar-refractivity contribution in [2.75, 3.05) is 0 Å². The van der Waals surface area contributed by atoms with Crippen molar-refractivity contribution in [1.82, 2.24) is 5.01 Å². The van der Waals surface area contributed by atoms with Crippen LogP contribution in [0.15, 0.2) is 58.1 Å². The molecule has 4 aliphatic carbocycles. The monoisotopic (exact) mass is 376 g/mol. The number of hydrogen-bond donors (Lipinski definition) is 0. The summed E-state index contributed by atoms with van der Waals surface area (Å²) < 4.78 is 18.8. The highest BCUT2D eigenvalue weighted by atomic mass is 19.1. The first-order valence-corrected chi connectivity index (χ1v) is 9.58. The minimum atomic E-state index is -0.314. The number of carbonyl (C=O) groups excluding carboxylic acids is 2. The fourth-order valence-corrected chi connectivity index (χ4v) is 5.36. The lowest BCUT2D eigenvalue weighted by molar-refractivity contribution is -0.140. The number of furan rings is 1. The molecule has 0 radical (unpaired) electrons. The van der Waals surface area contributed by atoms with Crippen LogP contribution in [0.1, 0.15) is 12.2 Å². The molecule has 2 saturated carbocycles. The summed E-state index contributed by atoms with van der Waals surface area (Å²) in [6, 6.07) is 9.44. The summed E-state index contributed by atoms with van der Waals surface area (Å²) in [4.78, 5) is 25.8. The number of halogens is 1. The highest BCUT2D eigenvalue weighted by Crippen LogP contribution is 2.65. The molecular formula is C22H17FN2O3. The topological polar surface area (TPSA) is 62.9 Å². The highest BCUT2D eigenvalue weighted by Gasteiger charge is 2.67. The van der Waals surface area contributed by atoms with E-state index in [0.29, 0.717) is 23.4 Å². The number of benzene rings is 1. The van der Waals surface area contributed by atoms with Gasteiger partial charge in [0.05, 0.1) is 18.1 Å². The van der Waals surface area contributed by atoms with E-state index in [2.05, 4.69) is 17.3 Å². The van der Waals surface area contributed by atoms with Gasteiger partial charge in [0, 0.05) is 5.56 Å². The van der Waals surface area contributed by atoms with Crippen molar-refractivity contribution < 1.29 is 18.4 Å². The molecule has 2 bridgehead atoms. The summed E-state index contributed by atoms with van der Waals surface area (Å²) in [6.07, 6.45) is 6.81. The van der Waals surface area contributed by atoms with Crippen LogP contribution in [0.5, 0.6) is 0 Å². The molecule has 1 saturated heterocycles. The Morgan fingerprint density at radius 3 is 2.25 bits per heavy atom. The molecule has 2 amide bonds. The Morgan fingerprint density at radius 1 is 0.964 bits per heavy atom. The predicted molar refractivity (Wildman–Crippen MR) is 98.2 cm³/mol. The van der Waals surface area contributed by atoms with E-state index >= 15 is 0 Å². The van der Waals surface area contributed by atoms with Gasteiger partial charge in [-0.3, -0.25) is 9.59 Å². The molecule has 5 aliphatic rings. The zero-order valence-corrected chi connectivity index (χ0v) is 14.9. The van der Waals surface area contributed by atoms with E-state index in [9.17, 15) is 14.0 Å². The molecule has 2 heterocycles. The number of nitrogens with zero attached hydrogens (tertiary/aromatic N) is 2. The summed E-state index contributed by atoms with van der Waals surface area (Å²) in [7, 11) is 0. The number of carbonyl (C=O) groups is 2. The van der Waals surface area contributed by atoms with Crippen molar-refractivity contribution in [2.45, 2.75) is 6.42 Å². The van der Waals surface area contributed by atoms with Crippen LogP contribution in [0.25, 0.3) is 11.3 Å². The average Bonchev–Trinajstić information content (AvgIpc) is 3.34. The minimum Gasteiger partial charge on any atom is -0.455 e. The number of rotatable bonds is 3. The maximum absolute atomic E-state index is 13.1. The lowest BCUT2D eigenvalue weighted by Gasteiger charge is -2.37. The van der Waals surface area contributed by atoms with Gasteiger partial charge in [0.1, 0.15) is 17.3 Å². The van der Waals surface area contributed by atoms with Crippen molar-refractivity contribution in [1.29, 1.82) is 0 Å². The van der Waals surface area contributed by atoms with Crippen LogP contribution in [0, 0.1) is 41.3 Å². The van der Waals surface area contributed by atoms with Crippen LogP contribution in [0.4, 0.5) is 4.39 Å². The van der Waals surface area contributed by atoms with Crippen molar-refractivity contribution in [3.05, 3.63) is 60.1 Å². The van der Waals surface area contributed by atoms with Crippen molar-refractivity contribution >= 4 is 18.0 Å². The van der Waals surface area contributed by atoms with Crippen LogP contribution >= 0.6 is 0 Å². The minimum absolute atomic E-state index is 0.186. The fraction of sp³-hybridized carbons (Fsp3) is 0.318. The summed E-state index contributed by atoms with van der Waals surface area (Å²) in [5, 5.41) is 5.20. The molecular weight excluding hydrogens is 359 g/mol. The number of hydrogen-bond acceptors (Lipinski definition) is 4. The van der Waals surface area contributed by atoms with E-state index in [1.807, 2.05) is 0 Å². The third kappa shape index (κ3) is 2.14. The van der Waals surface area contributed by atoms with Gasteiger partial charge in [-0.05, 0) is 66.5 Å². The summed E-state index contributed by atoms with van der Waals surface area (Å²) in [6.45, 7) is 0. The van der Waals surface area contributed by atoms with Gasteiger partial charge in [-0.1, -0.05) is 12.2 Å². The second kappa shape index (κ2) is 5.50. The zero-order valence-electron chi connectivity index (χ0n) is 14.9. The largest absolute Gasteiger partial charge is 0.455 e. The maximum Gasteiger partial charge on any atom is 0.254 e. The zero-order chi connectivity index (χ0) is 19.0. The Balaban J connectivity index is 1.24. The van der Waals surface area contributed by atoms with Crippen molar-refractivity contribution in [3.8, 4) is 11.3 Å². The van der Waals surface area contributed by atoms with E-state index < -0.39 is 0 Å². The molecule has 0 N–H and O–H groups in total. The summed E-state index contributed by atoms with van der Waals surface area (Å²) in [5.74, 6) is 1.30. The summed E-state index contributed by atoms with van der Waals surface area (Å²) >= 11 is 0. The van der Waals surface area contributed by atoms with E-state index in [-0.39, 0.29) is 41.3 Å². The molecule has 140 valence electrons. The lowest BCUT2D eigenvalue weighted by atomic mass is 9.63. The Morgan fingerprint density at radius 2 is 1.61 bits per heavy atom. The van der Waals surface area contributed by atoms with Crippen LogP contribution in [0.2, 0.25) is 0 Å². The lowest BCUT2D eigenvalue weighted by Crippen LogP contribution is -2.40. The summed E-state index contributed by atoms with van der Waals surface area (Å²) in [5.41, 5.74) is 0.738. The first-order valence-electron chi connectivity index (χ1n) is 9.58. The van der Waals surface area contributed by atoms with Crippen LogP contribution < -0.4 is 0 Å². The molecule has 7 rings (SSSR count). The molecule has 0 spiro atoms. The van der Waals surface area contributed by atoms with Gasteiger partial charge in [-0.15, -0.1) is 0 Å². The van der Waals surface area contributed by atoms with E-state index in [1.165, 1.54) is 18.3 Å². The smallest absolute Gasteiger partial charge is 0.254 e. The maximum atomic E-state index is 13.1. The normalized spacial score (nSPS) is 35.0. The van der Waals surface area contributed by atoms with Gasteiger partial charge in [0.15, 0.2) is 0 Å². The fourth-order valence-electron chi connectivity index (χ4n) is 5.36. The van der Waals surface area contributed by atoms with Gasteiger partial charge in [-0.25, -0.2) is 4.39 Å². The van der Waals surface area contributed by atoms with Gasteiger partial charge in [0.2, 0.25) is 0 Å². The predicted octanol–water partition coefficient (Wildman–Crippen LogP) is 3.47. The van der Waals surface area contributed by atoms with Gasteiger partial charge in [0.25, 0.3) is 11.8 Å². The third-order valence-electron chi connectivity index (χ3n) is 6.70. The molecule has 28 heavy (non-hydrogen) atoms. The molecule has 6 heteroatoms. The molecule has 0 unspecified atom stereocenters. The Bertz CT molecular complexity index is 1020. The second-order valence-corrected chi connectivity index (χ2v) is 8.10. The molecule has 6 atom stereocenters. The Hall–Kier alpha value is -3.02. The molecule has 2 aromatic rings. The number of amides is 2. The second-order valence-electron chi connectivity index (χ2n) is 8.10. The van der Waals surface area contributed by atoms with E-state index in [1.54, 1.807) is 24.3 Å². The number of hydrazone groups is 1. The van der Waals surface area contributed by atoms with Crippen molar-refractivity contribution in [3.63, 3.8) is 0 Å². The van der Waals surface area contributed by atoms with Gasteiger partial charge in [-0.2, -0.15) is 10.1 Å². The molecule has 1 aromatic carbocycles. The molecule has 1 aliphatic heterocycles. The Labute approximate surface area is 160 Å². The molecule has 5 nitrogen and oxygen atoms in total. The van der Waals surface area contributed by atoms with E-state index in [4.69, 9.17) is 4.42 Å². The Kier molecular flexibility index (Phi) is 3.14. The van der Waals surface area contributed by atoms with Gasteiger partial charge >= 0.3 is 0 Å². The van der Waals surface area contributed by atoms with E-state index in [0.717, 1.165) is 17.0 Å².